The third-order valence-electron chi connectivity index (χ3n) is 4.78. The largest absolute Gasteiger partial charge is 0.332 e. The molecule has 1 unspecified atom stereocenters. The van der Waals surface area contributed by atoms with Crippen LogP contribution in [0.1, 0.15) is 46.0 Å². The fraction of sp³-hybridized carbons (Fsp3) is 0.875. The van der Waals surface area contributed by atoms with E-state index in [4.69, 9.17) is 0 Å². The molecule has 1 heterocycles. The van der Waals surface area contributed by atoms with Gasteiger partial charge in [-0.2, -0.15) is 0 Å². The highest BCUT2D eigenvalue weighted by atomic mass is 16.2. The number of hydrogen-bond donors (Lipinski definition) is 1. The molecule has 120 valence electrons. The summed E-state index contributed by atoms with van der Waals surface area (Å²) >= 11 is 0. The van der Waals surface area contributed by atoms with E-state index in [2.05, 4.69) is 12.2 Å². The van der Waals surface area contributed by atoms with Gasteiger partial charge in [-0.3, -0.25) is 9.59 Å². The van der Waals surface area contributed by atoms with E-state index >= 15 is 0 Å². The van der Waals surface area contributed by atoms with Crippen molar-refractivity contribution in [3.05, 3.63) is 0 Å². The lowest BCUT2D eigenvalue weighted by atomic mass is 9.97. The topological polar surface area (TPSA) is 52.7 Å². The second-order valence-electron chi connectivity index (χ2n) is 6.29. The first-order valence-corrected chi connectivity index (χ1v) is 8.44. The van der Waals surface area contributed by atoms with Gasteiger partial charge in [0, 0.05) is 19.1 Å². The molecular weight excluding hydrogens is 266 g/mol. The van der Waals surface area contributed by atoms with Crippen LogP contribution in [-0.2, 0) is 9.59 Å². The zero-order chi connectivity index (χ0) is 15.2. The van der Waals surface area contributed by atoms with Crippen LogP contribution in [0.25, 0.3) is 0 Å². The van der Waals surface area contributed by atoms with Gasteiger partial charge in [0.25, 0.3) is 0 Å². The van der Waals surface area contributed by atoms with Crippen LogP contribution in [0.5, 0.6) is 0 Å². The van der Waals surface area contributed by atoms with Crippen molar-refractivity contribution in [3.8, 4) is 0 Å². The molecule has 21 heavy (non-hydrogen) atoms. The highest BCUT2D eigenvalue weighted by Gasteiger charge is 2.33. The number of carbonyl (C=O) groups excluding carboxylic acids is 2. The van der Waals surface area contributed by atoms with Crippen LogP contribution in [0.2, 0.25) is 0 Å². The van der Waals surface area contributed by atoms with E-state index in [9.17, 15) is 9.59 Å². The Kier molecular flexibility index (Phi) is 6.03. The number of nitrogens with one attached hydrogen (secondary N) is 1. The summed E-state index contributed by atoms with van der Waals surface area (Å²) in [5, 5.41) is 3.60. The van der Waals surface area contributed by atoms with Gasteiger partial charge in [-0.1, -0.05) is 19.8 Å². The maximum atomic E-state index is 12.2. The van der Waals surface area contributed by atoms with Gasteiger partial charge in [-0.05, 0) is 38.6 Å². The Labute approximate surface area is 128 Å². The molecule has 0 spiro atoms. The molecule has 0 radical (unpaired) electrons. The van der Waals surface area contributed by atoms with Crippen LogP contribution in [0.15, 0.2) is 0 Å². The summed E-state index contributed by atoms with van der Waals surface area (Å²) in [5.74, 6) is 0.833. The first-order chi connectivity index (χ1) is 10.2. The van der Waals surface area contributed by atoms with E-state index in [0.29, 0.717) is 25.0 Å². The predicted molar refractivity (Wildman–Crippen MR) is 82.9 cm³/mol. The van der Waals surface area contributed by atoms with Crippen LogP contribution >= 0.6 is 0 Å². The number of rotatable bonds is 7. The quantitative estimate of drug-likeness (QED) is 0.769. The summed E-state index contributed by atoms with van der Waals surface area (Å²) in [5.41, 5.74) is 0. The fourth-order valence-electron chi connectivity index (χ4n) is 3.46. The molecule has 0 aromatic carbocycles. The van der Waals surface area contributed by atoms with Crippen molar-refractivity contribution in [2.45, 2.75) is 52.0 Å². The van der Waals surface area contributed by atoms with Crippen molar-refractivity contribution in [3.63, 3.8) is 0 Å². The fourth-order valence-corrected chi connectivity index (χ4v) is 3.46. The SMILES string of the molecule is CCCNC(CN1CC(=O)N(CC)CC1=O)C1CCCC1. The Morgan fingerprint density at radius 1 is 1.10 bits per heavy atom. The van der Waals surface area contributed by atoms with Crippen molar-refractivity contribution in [2.24, 2.45) is 5.92 Å². The molecule has 0 bridgehead atoms. The third-order valence-corrected chi connectivity index (χ3v) is 4.78. The molecule has 2 amide bonds. The second kappa shape index (κ2) is 7.78. The molecule has 5 heteroatoms. The van der Waals surface area contributed by atoms with Gasteiger partial charge in [0.1, 0.15) is 0 Å². The van der Waals surface area contributed by atoms with Gasteiger partial charge >= 0.3 is 0 Å². The van der Waals surface area contributed by atoms with Crippen molar-refractivity contribution in [1.29, 1.82) is 0 Å². The Balaban J connectivity index is 1.95. The monoisotopic (exact) mass is 295 g/mol. The van der Waals surface area contributed by atoms with Gasteiger partial charge < -0.3 is 15.1 Å². The van der Waals surface area contributed by atoms with Crippen LogP contribution in [0, 0.1) is 5.92 Å². The van der Waals surface area contributed by atoms with Gasteiger partial charge in [-0.25, -0.2) is 0 Å². The maximum Gasteiger partial charge on any atom is 0.242 e. The molecule has 1 aliphatic carbocycles. The zero-order valence-electron chi connectivity index (χ0n) is 13.4. The molecular formula is C16H29N3O2. The Morgan fingerprint density at radius 2 is 1.71 bits per heavy atom. The molecule has 1 atom stereocenters. The number of piperazine rings is 1. The standard InChI is InChI=1S/C16H29N3O2/c1-3-9-17-14(13-7-5-6-8-13)10-19-12-15(20)18(4-2)11-16(19)21/h13-14,17H,3-12H2,1-2H3. The average molecular weight is 295 g/mol. The van der Waals surface area contributed by atoms with E-state index in [1.54, 1.807) is 9.80 Å². The first-order valence-electron chi connectivity index (χ1n) is 8.44. The molecule has 1 saturated carbocycles. The van der Waals surface area contributed by atoms with Crippen molar-refractivity contribution in [1.82, 2.24) is 15.1 Å². The van der Waals surface area contributed by atoms with Crippen molar-refractivity contribution in [2.75, 3.05) is 32.7 Å². The van der Waals surface area contributed by atoms with E-state index in [-0.39, 0.29) is 24.9 Å². The van der Waals surface area contributed by atoms with E-state index in [1.807, 2.05) is 6.92 Å². The normalized spacial score (nSPS) is 22.2. The molecule has 2 rings (SSSR count). The maximum absolute atomic E-state index is 12.2. The minimum Gasteiger partial charge on any atom is -0.332 e. The van der Waals surface area contributed by atoms with Gasteiger partial charge in [0.05, 0.1) is 13.1 Å². The van der Waals surface area contributed by atoms with Gasteiger partial charge in [0.15, 0.2) is 0 Å². The minimum absolute atomic E-state index is 0.0813. The van der Waals surface area contributed by atoms with Crippen molar-refractivity contribution < 1.29 is 9.59 Å². The lowest BCUT2D eigenvalue weighted by Crippen LogP contribution is -2.57. The molecule has 0 aromatic heterocycles. The highest BCUT2D eigenvalue weighted by molar-refractivity contribution is 5.92. The van der Waals surface area contributed by atoms with E-state index in [1.165, 1.54) is 25.7 Å². The van der Waals surface area contributed by atoms with E-state index in [0.717, 1.165) is 13.0 Å². The lowest BCUT2D eigenvalue weighted by Gasteiger charge is -2.37. The minimum atomic E-state index is 0.0813. The Morgan fingerprint density at radius 3 is 2.33 bits per heavy atom. The van der Waals surface area contributed by atoms with Crippen LogP contribution < -0.4 is 5.32 Å². The summed E-state index contributed by atoms with van der Waals surface area (Å²) in [7, 11) is 0. The Hall–Kier alpha value is -1.10. The highest BCUT2D eigenvalue weighted by Crippen LogP contribution is 2.28. The van der Waals surface area contributed by atoms with Crippen LogP contribution in [-0.4, -0.2) is 60.4 Å². The first kappa shape index (κ1) is 16.3. The zero-order valence-corrected chi connectivity index (χ0v) is 13.4. The molecule has 0 aromatic rings. The van der Waals surface area contributed by atoms with Crippen LogP contribution in [0.3, 0.4) is 0 Å². The third kappa shape index (κ3) is 4.19. The van der Waals surface area contributed by atoms with E-state index < -0.39 is 0 Å². The number of nitrogens with zero attached hydrogens (tertiary/aromatic N) is 2. The Bertz CT molecular complexity index is 367. The number of hydrogen-bond acceptors (Lipinski definition) is 3. The summed E-state index contributed by atoms with van der Waals surface area (Å²) in [6.45, 7) is 6.88. The molecule has 2 fully saturated rings. The summed E-state index contributed by atoms with van der Waals surface area (Å²) < 4.78 is 0. The summed E-state index contributed by atoms with van der Waals surface area (Å²) in [4.78, 5) is 27.7. The smallest absolute Gasteiger partial charge is 0.242 e. The number of amides is 2. The second-order valence-corrected chi connectivity index (χ2v) is 6.29. The molecule has 1 saturated heterocycles. The lowest BCUT2D eigenvalue weighted by molar-refractivity contribution is -0.150. The molecule has 1 N–H and O–H groups in total. The summed E-state index contributed by atoms with van der Waals surface area (Å²) in [6.07, 6.45) is 6.19. The molecule has 5 nitrogen and oxygen atoms in total. The molecule has 2 aliphatic rings. The van der Waals surface area contributed by atoms with Crippen LogP contribution in [0.4, 0.5) is 0 Å². The van der Waals surface area contributed by atoms with Gasteiger partial charge in [0.2, 0.25) is 11.8 Å². The number of likely N-dealkylation sites (N-methyl/N-ethyl adjacent to an activating group) is 1. The van der Waals surface area contributed by atoms with Gasteiger partial charge in [-0.15, -0.1) is 0 Å². The number of carbonyl (C=O) groups is 2. The predicted octanol–water partition coefficient (Wildman–Crippen LogP) is 1.24. The summed E-state index contributed by atoms with van der Waals surface area (Å²) in [6, 6.07) is 0.345. The average Bonchev–Trinajstić information content (AvgIpc) is 3.00. The van der Waals surface area contributed by atoms with Crippen molar-refractivity contribution >= 4 is 11.8 Å². The molecule has 1 aliphatic heterocycles.